The van der Waals surface area contributed by atoms with Crippen LogP contribution in [0.2, 0.25) is 0 Å². The average molecular weight is 317 g/mol. The highest BCUT2D eigenvalue weighted by atomic mass is 32.3. The zero-order chi connectivity index (χ0) is 14.9. The highest BCUT2D eigenvalue weighted by Crippen LogP contribution is 2.11. The molecule has 0 atom stereocenters. The van der Waals surface area contributed by atoms with Gasteiger partial charge >= 0.3 is 20.6 Å². The third-order valence-corrected chi connectivity index (χ3v) is 5.23. The molecule has 0 aliphatic heterocycles. The first-order valence-corrected chi connectivity index (χ1v) is 9.21. The predicted octanol–water partition coefficient (Wildman–Crippen LogP) is 2.03. The molecule has 0 spiro atoms. The van der Waals surface area contributed by atoms with Crippen LogP contribution in [0.5, 0.6) is 0 Å². The van der Waals surface area contributed by atoms with E-state index < -0.39 is 27.2 Å². The van der Waals surface area contributed by atoms with E-state index in [0.29, 0.717) is 6.42 Å². The highest BCUT2D eigenvalue weighted by molar-refractivity contribution is 7.98. The van der Waals surface area contributed by atoms with Crippen LogP contribution in [-0.4, -0.2) is 36.2 Å². The maximum Gasteiger partial charge on any atom is 0.351 e. The van der Waals surface area contributed by atoms with Crippen LogP contribution in [0.4, 0.5) is 0 Å². The molecule has 0 aliphatic carbocycles. The van der Waals surface area contributed by atoms with Crippen molar-refractivity contribution in [1.29, 1.82) is 0 Å². The fourth-order valence-electron chi connectivity index (χ4n) is 1.72. The van der Waals surface area contributed by atoms with Crippen LogP contribution in [0.1, 0.15) is 58.3 Å². The van der Waals surface area contributed by atoms with Gasteiger partial charge in [0.25, 0.3) is 0 Å². The van der Waals surface area contributed by atoms with Gasteiger partial charge in [-0.1, -0.05) is 51.9 Å². The number of unbranched alkanes of at least 4 members (excludes halogenated alkanes) is 7. The average Bonchev–Trinajstić information content (AvgIpc) is 2.23. The van der Waals surface area contributed by atoms with Crippen molar-refractivity contribution in [3.63, 3.8) is 0 Å². The van der Waals surface area contributed by atoms with Crippen LogP contribution in [0.3, 0.4) is 0 Å². The van der Waals surface area contributed by atoms with E-state index in [-0.39, 0.29) is 10.1 Å². The van der Waals surface area contributed by atoms with E-state index in [0.717, 1.165) is 25.7 Å². The standard InChI is InChI=1S/C10H23NO6S2/c1-2-3-4-5-6-7-8-9-10-11(18(12,13)14)19(15,16)17/h2-10H2,1H3,(H,12,13,14)(H,15,16,17). The van der Waals surface area contributed by atoms with Gasteiger partial charge in [-0.05, 0) is 10.1 Å². The van der Waals surface area contributed by atoms with Crippen molar-refractivity contribution >= 4 is 20.6 Å². The molecule has 0 aromatic heterocycles. The molecule has 116 valence electrons. The molecule has 0 rings (SSSR count). The Morgan fingerprint density at radius 2 is 1.11 bits per heavy atom. The fraction of sp³-hybridized carbons (Fsp3) is 1.00. The molecule has 0 fully saturated rings. The zero-order valence-corrected chi connectivity index (χ0v) is 12.8. The topological polar surface area (TPSA) is 112 Å². The van der Waals surface area contributed by atoms with E-state index in [9.17, 15) is 16.8 Å². The van der Waals surface area contributed by atoms with Gasteiger partial charge in [0, 0.05) is 6.54 Å². The first-order valence-electron chi connectivity index (χ1n) is 6.42. The molecule has 0 aromatic rings. The third kappa shape index (κ3) is 9.33. The molecule has 0 unspecified atom stereocenters. The van der Waals surface area contributed by atoms with Crippen LogP contribution in [0.25, 0.3) is 0 Å². The van der Waals surface area contributed by atoms with E-state index in [1.165, 1.54) is 12.8 Å². The summed E-state index contributed by atoms with van der Waals surface area (Å²) >= 11 is 0. The van der Waals surface area contributed by atoms with Gasteiger partial charge < -0.3 is 0 Å². The number of rotatable bonds is 11. The minimum Gasteiger partial charge on any atom is -0.273 e. The summed E-state index contributed by atoms with van der Waals surface area (Å²) in [5.41, 5.74) is 0. The minimum absolute atomic E-state index is 0.271. The summed E-state index contributed by atoms with van der Waals surface area (Å²) in [6.45, 7) is 1.69. The quantitative estimate of drug-likeness (QED) is 0.445. The second-order valence-electron chi connectivity index (χ2n) is 4.43. The van der Waals surface area contributed by atoms with Crippen LogP contribution in [-0.2, 0) is 20.6 Å². The summed E-state index contributed by atoms with van der Waals surface area (Å²) in [6.07, 6.45) is 7.43. The first-order chi connectivity index (χ1) is 8.69. The first kappa shape index (κ1) is 18.8. The maximum absolute atomic E-state index is 10.8. The van der Waals surface area contributed by atoms with Gasteiger partial charge in [0.2, 0.25) is 0 Å². The van der Waals surface area contributed by atoms with Crippen molar-refractivity contribution in [2.75, 3.05) is 6.54 Å². The van der Waals surface area contributed by atoms with Crippen LogP contribution < -0.4 is 0 Å². The molecule has 0 amide bonds. The van der Waals surface area contributed by atoms with Crippen LogP contribution in [0, 0.1) is 0 Å². The summed E-state index contributed by atoms with van der Waals surface area (Å²) in [4.78, 5) is 0. The van der Waals surface area contributed by atoms with Crippen molar-refractivity contribution < 1.29 is 25.9 Å². The molecule has 19 heavy (non-hydrogen) atoms. The lowest BCUT2D eigenvalue weighted by molar-refractivity contribution is 0.377. The Hall–Kier alpha value is -0.220. The monoisotopic (exact) mass is 317 g/mol. The van der Waals surface area contributed by atoms with E-state index in [2.05, 4.69) is 6.92 Å². The van der Waals surface area contributed by atoms with Gasteiger partial charge in [0.1, 0.15) is 0 Å². The summed E-state index contributed by atoms with van der Waals surface area (Å²) < 4.78 is 60.1. The lowest BCUT2D eigenvalue weighted by Crippen LogP contribution is -2.36. The molecular formula is C10H23NO6S2. The number of hydrogen-bond acceptors (Lipinski definition) is 4. The van der Waals surface area contributed by atoms with Crippen molar-refractivity contribution in [2.45, 2.75) is 58.3 Å². The van der Waals surface area contributed by atoms with Crippen LogP contribution in [0.15, 0.2) is 0 Å². The zero-order valence-electron chi connectivity index (χ0n) is 11.2. The molecule has 0 saturated heterocycles. The molecule has 0 aliphatic rings. The lowest BCUT2D eigenvalue weighted by Gasteiger charge is -2.14. The maximum atomic E-state index is 10.8. The second-order valence-corrected chi connectivity index (χ2v) is 7.33. The summed E-state index contributed by atoms with van der Waals surface area (Å²) in [5.74, 6) is 0. The van der Waals surface area contributed by atoms with Gasteiger partial charge in [-0.2, -0.15) is 16.8 Å². The number of nitrogens with zero attached hydrogens (tertiary/aromatic N) is 1. The smallest absolute Gasteiger partial charge is 0.273 e. The third-order valence-electron chi connectivity index (χ3n) is 2.71. The van der Waals surface area contributed by atoms with Gasteiger partial charge in [-0.25, -0.2) is 0 Å². The predicted molar refractivity (Wildman–Crippen MR) is 72.4 cm³/mol. The Balaban J connectivity index is 3.91. The van der Waals surface area contributed by atoms with Crippen LogP contribution >= 0.6 is 0 Å². The Bertz CT molecular complexity index is 399. The van der Waals surface area contributed by atoms with E-state index in [1.54, 1.807) is 0 Å². The SMILES string of the molecule is CCCCCCCCCCN(S(=O)(=O)O)S(=O)(=O)O. The van der Waals surface area contributed by atoms with Gasteiger partial charge in [-0.3, -0.25) is 9.11 Å². The molecular weight excluding hydrogens is 294 g/mol. The summed E-state index contributed by atoms with van der Waals surface area (Å²) in [6, 6.07) is 0. The van der Waals surface area contributed by atoms with E-state index in [1.807, 2.05) is 0 Å². The van der Waals surface area contributed by atoms with Crippen molar-refractivity contribution in [1.82, 2.24) is 3.71 Å². The van der Waals surface area contributed by atoms with Crippen molar-refractivity contribution in [2.24, 2.45) is 0 Å². The van der Waals surface area contributed by atoms with Crippen molar-refractivity contribution in [3.8, 4) is 0 Å². The normalized spacial score (nSPS) is 13.1. The Morgan fingerprint density at radius 3 is 1.47 bits per heavy atom. The molecule has 2 N–H and O–H groups in total. The lowest BCUT2D eigenvalue weighted by atomic mass is 10.1. The Kier molecular flexibility index (Phi) is 8.75. The van der Waals surface area contributed by atoms with Gasteiger partial charge in [0.15, 0.2) is 0 Å². The van der Waals surface area contributed by atoms with E-state index in [4.69, 9.17) is 9.11 Å². The fourth-order valence-corrected chi connectivity index (χ4v) is 3.40. The van der Waals surface area contributed by atoms with E-state index >= 15 is 0 Å². The molecule has 0 aromatic carbocycles. The molecule has 0 saturated carbocycles. The molecule has 7 nitrogen and oxygen atoms in total. The van der Waals surface area contributed by atoms with Gasteiger partial charge in [-0.15, -0.1) is 0 Å². The molecule has 0 heterocycles. The van der Waals surface area contributed by atoms with Crippen molar-refractivity contribution in [3.05, 3.63) is 0 Å². The minimum atomic E-state index is -4.93. The second kappa shape index (κ2) is 8.85. The van der Waals surface area contributed by atoms with Gasteiger partial charge in [0.05, 0.1) is 0 Å². The summed E-state index contributed by atoms with van der Waals surface area (Å²) in [7, 11) is -9.86. The molecule has 0 radical (unpaired) electrons. The number of hydrogen-bond donors (Lipinski definition) is 2. The summed E-state index contributed by atoms with van der Waals surface area (Å²) in [5, 5.41) is 0. The molecule has 0 bridgehead atoms. The largest absolute Gasteiger partial charge is 0.351 e. The molecule has 9 heteroatoms. The Morgan fingerprint density at radius 1 is 0.737 bits per heavy atom. The Labute approximate surface area is 115 Å². The highest BCUT2D eigenvalue weighted by Gasteiger charge is 2.30.